The van der Waals surface area contributed by atoms with Gasteiger partial charge in [0, 0.05) is 19.7 Å². The van der Waals surface area contributed by atoms with Gasteiger partial charge in [0.15, 0.2) is 0 Å². The fourth-order valence-corrected chi connectivity index (χ4v) is 2.87. The average molecular weight is 301 g/mol. The second kappa shape index (κ2) is 7.47. The number of furan rings is 1. The van der Waals surface area contributed by atoms with Gasteiger partial charge < -0.3 is 13.9 Å². The maximum atomic E-state index is 5.78. The van der Waals surface area contributed by atoms with E-state index in [1.807, 2.05) is 24.3 Å². The molecule has 118 valence electrons. The van der Waals surface area contributed by atoms with Crippen LogP contribution in [0.3, 0.4) is 0 Å². The molecule has 1 aliphatic heterocycles. The van der Waals surface area contributed by atoms with Crippen molar-refractivity contribution in [2.45, 2.75) is 32.0 Å². The Morgan fingerprint density at radius 2 is 2.05 bits per heavy atom. The van der Waals surface area contributed by atoms with Gasteiger partial charge in [-0.25, -0.2) is 0 Å². The first-order valence-corrected chi connectivity index (χ1v) is 7.83. The van der Waals surface area contributed by atoms with Crippen LogP contribution in [-0.2, 0) is 17.8 Å². The fraction of sp³-hybridized carbons (Fsp3) is 0.444. The highest BCUT2D eigenvalue weighted by Crippen LogP contribution is 2.18. The van der Waals surface area contributed by atoms with Crippen LogP contribution in [0.5, 0.6) is 5.75 Å². The zero-order chi connectivity index (χ0) is 15.2. The number of benzene rings is 1. The van der Waals surface area contributed by atoms with Gasteiger partial charge in [-0.15, -0.1) is 0 Å². The molecule has 1 saturated heterocycles. The summed E-state index contributed by atoms with van der Waals surface area (Å²) in [6, 6.07) is 12.2. The molecule has 0 spiro atoms. The lowest BCUT2D eigenvalue weighted by molar-refractivity contribution is 0.0655. The number of methoxy groups -OCH3 is 1. The van der Waals surface area contributed by atoms with E-state index < -0.39 is 0 Å². The molecule has 1 unspecified atom stereocenters. The highest BCUT2D eigenvalue weighted by atomic mass is 16.5. The molecule has 4 nitrogen and oxygen atoms in total. The molecule has 2 heterocycles. The van der Waals surface area contributed by atoms with Crippen molar-refractivity contribution in [2.75, 3.05) is 20.3 Å². The zero-order valence-corrected chi connectivity index (χ0v) is 13.0. The van der Waals surface area contributed by atoms with Crippen molar-refractivity contribution in [1.82, 2.24) is 4.90 Å². The number of ether oxygens (including phenoxy) is 2. The smallest absolute Gasteiger partial charge is 0.118 e. The summed E-state index contributed by atoms with van der Waals surface area (Å²) in [6.45, 7) is 3.51. The van der Waals surface area contributed by atoms with E-state index in [1.54, 1.807) is 13.4 Å². The van der Waals surface area contributed by atoms with Crippen LogP contribution in [-0.4, -0.2) is 31.3 Å². The predicted molar refractivity (Wildman–Crippen MR) is 84.8 cm³/mol. The highest BCUT2D eigenvalue weighted by Gasteiger charge is 2.20. The van der Waals surface area contributed by atoms with E-state index in [1.165, 1.54) is 12.0 Å². The van der Waals surface area contributed by atoms with Crippen LogP contribution in [0.1, 0.15) is 24.2 Å². The molecular weight excluding hydrogens is 278 g/mol. The summed E-state index contributed by atoms with van der Waals surface area (Å²) in [5.74, 6) is 1.88. The van der Waals surface area contributed by atoms with Crippen molar-refractivity contribution in [2.24, 2.45) is 0 Å². The molecule has 1 aliphatic rings. The van der Waals surface area contributed by atoms with E-state index in [0.29, 0.717) is 6.10 Å². The van der Waals surface area contributed by atoms with E-state index in [2.05, 4.69) is 17.0 Å². The molecule has 0 N–H and O–H groups in total. The Morgan fingerprint density at radius 3 is 2.68 bits per heavy atom. The van der Waals surface area contributed by atoms with Gasteiger partial charge in [0.05, 0.1) is 26.0 Å². The second-order valence-electron chi connectivity index (χ2n) is 5.73. The molecule has 2 aromatic rings. The standard InChI is InChI=1S/C18H23NO3/c1-20-16-8-6-15(7-9-16)12-19(13-17-4-2-10-21-17)14-18-5-3-11-22-18/h2,4,6-10,18H,3,5,11-14H2,1H3. The Bertz CT molecular complexity index is 544. The van der Waals surface area contributed by atoms with Crippen molar-refractivity contribution in [1.29, 1.82) is 0 Å². The molecule has 1 aromatic heterocycles. The van der Waals surface area contributed by atoms with Gasteiger partial charge in [-0.05, 0) is 42.7 Å². The predicted octanol–water partition coefficient (Wildman–Crippen LogP) is 3.47. The summed E-state index contributed by atoms with van der Waals surface area (Å²) >= 11 is 0. The van der Waals surface area contributed by atoms with Gasteiger partial charge >= 0.3 is 0 Å². The minimum absolute atomic E-state index is 0.341. The quantitative estimate of drug-likeness (QED) is 0.784. The maximum Gasteiger partial charge on any atom is 0.118 e. The minimum atomic E-state index is 0.341. The van der Waals surface area contributed by atoms with Gasteiger partial charge in [0.1, 0.15) is 11.5 Å². The minimum Gasteiger partial charge on any atom is -0.497 e. The van der Waals surface area contributed by atoms with Gasteiger partial charge in [0.25, 0.3) is 0 Å². The molecule has 0 amide bonds. The van der Waals surface area contributed by atoms with E-state index in [-0.39, 0.29) is 0 Å². The molecule has 3 rings (SSSR count). The topological polar surface area (TPSA) is 34.8 Å². The first kappa shape index (κ1) is 15.1. The second-order valence-corrected chi connectivity index (χ2v) is 5.73. The summed E-state index contributed by atoms with van der Waals surface area (Å²) in [6.07, 6.45) is 4.39. The summed E-state index contributed by atoms with van der Waals surface area (Å²) < 4.78 is 16.5. The normalized spacial score (nSPS) is 18.0. The number of rotatable bonds is 7. The summed E-state index contributed by atoms with van der Waals surface area (Å²) in [5, 5.41) is 0. The van der Waals surface area contributed by atoms with E-state index in [4.69, 9.17) is 13.9 Å². The van der Waals surface area contributed by atoms with Crippen LogP contribution >= 0.6 is 0 Å². The third-order valence-corrected chi connectivity index (χ3v) is 4.01. The molecule has 0 radical (unpaired) electrons. The summed E-state index contributed by atoms with van der Waals surface area (Å²) in [7, 11) is 1.69. The SMILES string of the molecule is COc1ccc(CN(Cc2ccco2)CC2CCCO2)cc1. The molecule has 1 atom stereocenters. The van der Waals surface area contributed by atoms with Gasteiger partial charge in [0.2, 0.25) is 0 Å². The van der Waals surface area contributed by atoms with Crippen LogP contribution in [0.2, 0.25) is 0 Å². The fourth-order valence-electron chi connectivity index (χ4n) is 2.87. The van der Waals surface area contributed by atoms with Gasteiger partial charge in [-0.2, -0.15) is 0 Å². The highest BCUT2D eigenvalue weighted by molar-refractivity contribution is 5.27. The Labute approximate surface area is 131 Å². The molecule has 4 heteroatoms. The largest absolute Gasteiger partial charge is 0.497 e. The van der Waals surface area contributed by atoms with Crippen molar-refractivity contribution in [3.63, 3.8) is 0 Å². The Hall–Kier alpha value is -1.78. The van der Waals surface area contributed by atoms with Crippen molar-refractivity contribution < 1.29 is 13.9 Å². The van der Waals surface area contributed by atoms with Crippen LogP contribution in [0.4, 0.5) is 0 Å². The molecule has 0 saturated carbocycles. The van der Waals surface area contributed by atoms with Gasteiger partial charge in [-0.3, -0.25) is 4.90 Å². The lowest BCUT2D eigenvalue weighted by atomic mass is 10.1. The van der Waals surface area contributed by atoms with E-state index >= 15 is 0 Å². The van der Waals surface area contributed by atoms with Crippen LogP contribution in [0.25, 0.3) is 0 Å². The molecule has 1 fully saturated rings. The third-order valence-electron chi connectivity index (χ3n) is 4.01. The maximum absolute atomic E-state index is 5.78. The Morgan fingerprint density at radius 1 is 1.18 bits per heavy atom. The van der Waals surface area contributed by atoms with Crippen LogP contribution in [0.15, 0.2) is 47.1 Å². The Kier molecular flexibility index (Phi) is 5.14. The van der Waals surface area contributed by atoms with Gasteiger partial charge in [-0.1, -0.05) is 12.1 Å². The van der Waals surface area contributed by atoms with E-state index in [9.17, 15) is 0 Å². The number of hydrogen-bond donors (Lipinski definition) is 0. The van der Waals surface area contributed by atoms with Crippen molar-refractivity contribution in [3.05, 3.63) is 54.0 Å². The van der Waals surface area contributed by atoms with Crippen LogP contribution < -0.4 is 4.74 Å². The molecular formula is C18H23NO3. The first-order chi connectivity index (χ1) is 10.8. The molecule has 1 aromatic carbocycles. The molecule has 0 bridgehead atoms. The Balaban J connectivity index is 1.65. The average Bonchev–Trinajstić information content (AvgIpc) is 3.22. The van der Waals surface area contributed by atoms with E-state index in [0.717, 1.165) is 44.2 Å². The summed E-state index contributed by atoms with van der Waals surface area (Å²) in [4.78, 5) is 2.39. The summed E-state index contributed by atoms with van der Waals surface area (Å²) in [5.41, 5.74) is 1.27. The lowest BCUT2D eigenvalue weighted by Crippen LogP contribution is -2.31. The number of nitrogens with zero attached hydrogens (tertiary/aromatic N) is 1. The number of hydrogen-bond acceptors (Lipinski definition) is 4. The third kappa shape index (κ3) is 4.12. The molecule has 22 heavy (non-hydrogen) atoms. The zero-order valence-electron chi connectivity index (χ0n) is 13.0. The monoisotopic (exact) mass is 301 g/mol. The van der Waals surface area contributed by atoms with Crippen molar-refractivity contribution >= 4 is 0 Å². The van der Waals surface area contributed by atoms with Crippen molar-refractivity contribution in [3.8, 4) is 5.75 Å². The first-order valence-electron chi connectivity index (χ1n) is 7.83. The molecule has 0 aliphatic carbocycles. The van der Waals surface area contributed by atoms with Crippen LogP contribution in [0, 0.1) is 0 Å². The lowest BCUT2D eigenvalue weighted by Gasteiger charge is -2.24.